The number of piperidine rings is 1. The molecule has 26 heavy (non-hydrogen) atoms. The van der Waals surface area contributed by atoms with Crippen molar-refractivity contribution in [3.8, 4) is 0 Å². The van der Waals surface area contributed by atoms with Gasteiger partial charge < -0.3 is 15.1 Å². The van der Waals surface area contributed by atoms with Crippen molar-refractivity contribution in [3.63, 3.8) is 0 Å². The van der Waals surface area contributed by atoms with Crippen molar-refractivity contribution in [1.82, 2.24) is 10.2 Å². The smallest absolute Gasteiger partial charge is 0.260 e. The average molecular weight is 375 g/mol. The molecule has 2 aliphatic rings. The Kier molecular flexibility index (Phi) is 7.29. The zero-order valence-corrected chi connectivity index (χ0v) is 15.8. The highest BCUT2D eigenvalue weighted by molar-refractivity contribution is 5.50. The van der Waals surface area contributed by atoms with Crippen LogP contribution in [0.4, 0.5) is 23.2 Å². The maximum atomic E-state index is 14.0. The van der Waals surface area contributed by atoms with Gasteiger partial charge in [-0.2, -0.15) is 0 Å². The Morgan fingerprint density at radius 3 is 2.19 bits per heavy atom. The number of likely N-dealkylation sites (tertiary alicyclic amines) is 1. The molecule has 0 aromatic heterocycles. The molecule has 7 heteroatoms. The van der Waals surface area contributed by atoms with Gasteiger partial charge in [0.15, 0.2) is 11.6 Å². The first kappa shape index (κ1) is 21.0. The predicted molar refractivity (Wildman–Crippen MR) is 97.2 cm³/mol. The molecule has 0 amide bonds. The van der Waals surface area contributed by atoms with Gasteiger partial charge in [0.1, 0.15) is 0 Å². The number of alkyl halides is 2. The Morgan fingerprint density at radius 2 is 1.69 bits per heavy atom. The van der Waals surface area contributed by atoms with Crippen LogP contribution in [-0.4, -0.2) is 57.1 Å². The highest BCUT2D eigenvalue weighted by atomic mass is 19.3. The second-order valence-electron chi connectivity index (χ2n) is 7.39. The Morgan fingerprint density at radius 1 is 1.04 bits per heavy atom. The molecule has 0 radical (unpaired) electrons. The van der Waals surface area contributed by atoms with Crippen molar-refractivity contribution in [3.05, 3.63) is 29.3 Å². The number of rotatable bonds is 2. The van der Waals surface area contributed by atoms with E-state index in [0.29, 0.717) is 17.7 Å². The van der Waals surface area contributed by atoms with Crippen LogP contribution in [0.25, 0.3) is 0 Å². The molecule has 2 saturated heterocycles. The van der Waals surface area contributed by atoms with Gasteiger partial charge >= 0.3 is 0 Å². The first-order chi connectivity index (χ1) is 12.2. The molecule has 0 bridgehead atoms. The van der Waals surface area contributed by atoms with Crippen molar-refractivity contribution in [2.45, 2.75) is 38.5 Å². The molecule has 148 valence electrons. The van der Waals surface area contributed by atoms with E-state index in [4.69, 9.17) is 0 Å². The minimum absolute atomic E-state index is 0.00146. The number of nitrogens with one attached hydrogen (secondary N) is 1. The van der Waals surface area contributed by atoms with Gasteiger partial charge in [0, 0.05) is 32.6 Å². The lowest BCUT2D eigenvalue weighted by Crippen LogP contribution is -2.44. The van der Waals surface area contributed by atoms with Crippen LogP contribution >= 0.6 is 0 Å². The molecular formula is C19H29F4N3. The van der Waals surface area contributed by atoms with Crippen molar-refractivity contribution < 1.29 is 17.6 Å². The van der Waals surface area contributed by atoms with E-state index in [-0.39, 0.29) is 18.9 Å². The Hall–Kier alpha value is -1.34. The SMILES string of the molecule is CC(C)c1ccc(N2CCNCC2)c(F)c1F.CN1CCCC(F)(F)C1. The molecule has 3 nitrogen and oxygen atoms in total. The van der Waals surface area contributed by atoms with Crippen molar-refractivity contribution in [1.29, 1.82) is 0 Å². The summed E-state index contributed by atoms with van der Waals surface area (Å²) in [5.41, 5.74) is 0.829. The fraction of sp³-hybridized carbons (Fsp3) is 0.684. The molecular weight excluding hydrogens is 346 g/mol. The summed E-state index contributed by atoms with van der Waals surface area (Å²) in [7, 11) is 1.73. The van der Waals surface area contributed by atoms with Crippen molar-refractivity contribution in [2.75, 3.05) is 51.2 Å². The van der Waals surface area contributed by atoms with Crippen LogP contribution in [0, 0.1) is 11.6 Å². The maximum absolute atomic E-state index is 14.0. The van der Waals surface area contributed by atoms with Crippen molar-refractivity contribution >= 4 is 5.69 Å². The number of hydrogen-bond donors (Lipinski definition) is 1. The van der Waals surface area contributed by atoms with Crippen LogP contribution < -0.4 is 10.2 Å². The van der Waals surface area contributed by atoms with Crippen LogP contribution in [0.1, 0.15) is 38.2 Å². The van der Waals surface area contributed by atoms with E-state index in [2.05, 4.69) is 5.32 Å². The normalized spacial score (nSPS) is 20.7. The second kappa shape index (κ2) is 9.04. The number of halogens is 4. The first-order valence-electron chi connectivity index (χ1n) is 9.21. The highest BCUT2D eigenvalue weighted by Crippen LogP contribution is 2.28. The van der Waals surface area contributed by atoms with E-state index in [1.165, 1.54) is 0 Å². The van der Waals surface area contributed by atoms with E-state index in [0.717, 1.165) is 32.7 Å². The van der Waals surface area contributed by atoms with E-state index in [1.54, 1.807) is 24.1 Å². The Bertz CT molecular complexity index is 586. The van der Waals surface area contributed by atoms with E-state index >= 15 is 0 Å². The quantitative estimate of drug-likeness (QED) is 0.793. The van der Waals surface area contributed by atoms with E-state index in [9.17, 15) is 17.6 Å². The summed E-state index contributed by atoms with van der Waals surface area (Å²) in [5.74, 6) is -3.83. The fourth-order valence-electron chi connectivity index (χ4n) is 3.31. The monoisotopic (exact) mass is 375 g/mol. The van der Waals surface area contributed by atoms with Gasteiger partial charge in [0.05, 0.1) is 12.2 Å². The number of piperazine rings is 1. The summed E-state index contributed by atoms with van der Waals surface area (Å²) in [4.78, 5) is 3.56. The van der Waals surface area contributed by atoms with Gasteiger partial charge in [-0.05, 0) is 37.6 Å². The predicted octanol–water partition coefficient (Wildman–Crippen LogP) is 3.85. The summed E-state index contributed by atoms with van der Waals surface area (Å²) < 4.78 is 52.6. The minimum atomic E-state index is -2.42. The summed E-state index contributed by atoms with van der Waals surface area (Å²) in [6.07, 6.45) is 0.695. The second-order valence-corrected chi connectivity index (χ2v) is 7.39. The third kappa shape index (κ3) is 5.58. The lowest BCUT2D eigenvalue weighted by molar-refractivity contribution is -0.0571. The van der Waals surface area contributed by atoms with E-state index in [1.807, 2.05) is 18.7 Å². The summed E-state index contributed by atoms with van der Waals surface area (Å²) in [6.45, 7) is 7.54. The Balaban J connectivity index is 0.000000228. The number of benzene rings is 1. The van der Waals surface area contributed by atoms with Gasteiger partial charge in [0.2, 0.25) is 0 Å². The summed E-state index contributed by atoms with van der Waals surface area (Å²) in [6, 6.07) is 3.39. The first-order valence-corrected chi connectivity index (χ1v) is 9.21. The highest BCUT2D eigenvalue weighted by Gasteiger charge is 2.33. The molecule has 2 heterocycles. The van der Waals surface area contributed by atoms with Gasteiger partial charge in [-0.1, -0.05) is 19.9 Å². The van der Waals surface area contributed by atoms with Crippen LogP contribution in [0.3, 0.4) is 0 Å². The van der Waals surface area contributed by atoms with Crippen molar-refractivity contribution in [2.24, 2.45) is 0 Å². The van der Waals surface area contributed by atoms with Gasteiger partial charge in [-0.15, -0.1) is 0 Å². The molecule has 1 aromatic carbocycles. The third-order valence-electron chi connectivity index (χ3n) is 4.76. The third-order valence-corrected chi connectivity index (χ3v) is 4.76. The molecule has 0 spiro atoms. The summed E-state index contributed by atoms with van der Waals surface area (Å²) in [5, 5.41) is 3.19. The lowest BCUT2D eigenvalue weighted by atomic mass is 10.0. The minimum Gasteiger partial charge on any atom is -0.367 e. The molecule has 0 atom stereocenters. The summed E-state index contributed by atoms with van der Waals surface area (Å²) >= 11 is 0. The van der Waals surface area contributed by atoms with Crippen LogP contribution in [0.15, 0.2) is 12.1 Å². The molecule has 0 saturated carbocycles. The van der Waals surface area contributed by atoms with E-state index < -0.39 is 17.6 Å². The molecule has 0 unspecified atom stereocenters. The average Bonchev–Trinajstić information content (AvgIpc) is 2.57. The van der Waals surface area contributed by atoms with Crippen LogP contribution in [-0.2, 0) is 0 Å². The molecule has 0 aliphatic carbocycles. The number of hydrogen-bond acceptors (Lipinski definition) is 3. The molecule has 1 aromatic rings. The largest absolute Gasteiger partial charge is 0.367 e. The molecule has 3 rings (SSSR count). The number of nitrogens with zero attached hydrogens (tertiary/aromatic N) is 2. The molecule has 1 N–H and O–H groups in total. The zero-order chi connectivity index (χ0) is 19.3. The standard InChI is InChI=1S/C13H18F2N2.C6H11F2N/c1-9(2)10-3-4-11(13(15)12(10)14)17-7-5-16-6-8-17;1-9-4-2-3-6(7,8)5-9/h3-4,9,16H,5-8H2,1-2H3;2-5H2,1H3. The zero-order valence-electron chi connectivity index (χ0n) is 15.8. The van der Waals surface area contributed by atoms with Gasteiger partial charge in [-0.25, -0.2) is 17.6 Å². The lowest BCUT2D eigenvalue weighted by Gasteiger charge is -2.30. The topological polar surface area (TPSA) is 18.5 Å². The van der Waals surface area contributed by atoms with Gasteiger partial charge in [-0.3, -0.25) is 0 Å². The number of anilines is 1. The van der Waals surface area contributed by atoms with Gasteiger partial charge in [0.25, 0.3) is 5.92 Å². The fourth-order valence-corrected chi connectivity index (χ4v) is 3.31. The maximum Gasteiger partial charge on any atom is 0.260 e. The van der Waals surface area contributed by atoms with Crippen LogP contribution in [0.5, 0.6) is 0 Å². The van der Waals surface area contributed by atoms with Crippen LogP contribution in [0.2, 0.25) is 0 Å². The molecule has 2 aliphatic heterocycles. The Labute approximate surface area is 153 Å². The molecule has 2 fully saturated rings.